The average Bonchev–Trinajstić information content (AvgIpc) is 2.51. The van der Waals surface area contributed by atoms with Gasteiger partial charge in [-0.2, -0.15) is 0 Å². The van der Waals surface area contributed by atoms with Crippen molar-refractivity contribution in [3.8, 4) is 0 Å². The zero-order chi connectivity index (χ0) is 17.5. The van der Waals surface area contributed by atoms with Gasteiger partial charge in [0.2, 0.25) is 5.91 Å². The van der Waals surface area contributed by atoms with Gasteiger partial charge in [0, 0.05) is 34.9 Å². The molecule has 126 valence electrons. The lowest BCUT2D eigenvalue weighted by Gasteiger charge is -2.09. The fraction of sp³-hybridized carbons (Fsp3) is 0.176. The molecule has 2 aromatic rings. The predicted octanol–water partition coefficient (Wildman–Crippen LogP) is 4.32. The first kappa shape index (κ1) is 18.1. The van der Waals surface area contributed by atoms with Gasteiger partial charge < -0.3 is 16.0 Å². The summed E-state index contributed by atoms with van der Waals surface area (Å²) in [6, 6.07) is 11.8. The molecule has 0 saturated heterocycles. The molecule has 0 unspecified atom stereocenters. The van der Waals surface area contributed by atoms with Gasteiger partial charge in [0.25, 0.3) is 0 Å². The number of amides is 3. The number of nitrogens with one attached hydrogen (secondary N) is 3. The van der Waals surface area contributed by atoms with Gasteiger partial charge in [-0.3, -0.25) is 4.79 Å². The summed E-state index contributed by atoms with van der Waals surface area (Å²) in [5.74, 6) is -0.144. The number of halogens is 2. The second-order valence-electron chi connectivity index (χ2n) is 5.13. The molecule has 2 aromatic carbocycles. The third kappa shape index (κ3) is 5.76. The molecule has 0 aliphatic heterocycles. The van der Waals surface area contributed by atoms with Crippen molar-refractivity contribution in [3.05, 3.63) is 58.1 Å². The maximum Gasteiger partial charge on any atom is 0.319 e. The Bertz CT molecular complexity index is 733. The van der Waals surface area contributed by atoms with Crippen molar-refractivity contribution in [1.82, 2.24) is 5.32 Å². The topological polar surface area (TPSA) is 70.2 Å². The maximum atomic E-state index is 11.9. The molecule has 0 aliphatic rings. The lowest BCUT2D eigenvalue weighted by molar-refractivity contribution is -0.114. The van der Waals surface area contributed by atoms with Crippen molar-refractivity contribution in [3.63, 3.8) is 0 Å². The zero-order valence-corrected chi connectivity index (χ0v) is 14.5. The minimum Gasteiger partial charge on any atom is -0.338 e. The Labute approximate surface area is 150 Å². The zero-order valence-electron chi connectivity index (χ0n) is 13.0. The van der Waals surface area contributed by atoms with Gasteiger partial charge in [-0.1, -0.05) is 29.3 Å². The van der Waals surface area contributed by atoms with Crippen molar-refractivity contribution >= 4 is 46.5 Å². The van der Waals surface area contributed by atoms with Gasteiger partial charge >= 0.3 is 6.03 Å². The van der Waals surface area contributed by atoms with E-state index in [1.807, 2.05) is 6.07 Å². The molecular weight excluding hydrogens is 349 g/mol. The first-order valence-corrected chi connectivity index (χ1v) is 8.06. The van der Waals surface area contributed by atoms with Crippen LogP contribution in [0, 0.1) is 0 Å². The number of carbonyl (C=O) groups is 2. The molecule has 0 aromatic heterocycles. The minimum atomic E-state index is -0.313. The highest BCUT2D eigenvalue weighted by atomic mass is 35.5. The summed E-state index contributed by atoms with van der Waals surface area (Å²) < 4.78 is 0. The highest BCUT2D eigenvalue weighted by Gasteiger charge is 2.04. The van der Waals surface area contributed by atoms with E-state index in [4.69, 9.17) is 23.2 Å². The molecular formula is C17H17Cl2N3O2. The van der Waals surface area contributed by atoms with Crippen LogP contribution in [0.1, 0.15) is 12.5 Å². The monoisotopic (exact) mass is 365 g/mol. The van der Waals surface area contributed by atoms with E-state index in [-0.39, 0.29) is 11.9 Å². The first-order valence-electron chi connectivity index (χ1n) is 7.30. The van der Waals surface area contributed by atoms with Crippen LogP contribution in [0.4, 0.5) is 16.2 Å². The number of benzene rings is 2. The smallest absolute Gasteiger partial charge is 0.319 e. The Morgan fingerprint density at radius 1 is 0.958 bits per heavy atom. The van der Waals surface area contributed by atoms with E-state index in [0.29, 0.717) is 34.4 Å². The molecule has 0 saturated carbocycles. The molecule has 0 aliphatic carbocycles. The van der Waals surface area contributed by atoms with Gasteiger partial charge in [0.05, 0.1) is 0 Å². The molecule has 3 N–H and O–H groups in total. The molecule has 2 rings (SSSR count). The van der Waals surface area contributed by atoms with Crippen LogP contribution in [0.15, 0.2) is 42.5 Å². The summed E-state index contributed by atoms with van der Waals surface area (Å²) in [5, 5.41) is 9.29. The summed E-state index contributed by atoms with van der Waals surface area (Å²) in [6.45, 7) is 1.88. The van der Waals surface area contributed by atoms with E-state index in [1.54, 1.807) is 36.4 Å². The van der Waals surface area contributed by atoms with Crippen molar-refractivity contribution in [2.45, 2.75) is 13.3 Å². The molecule has 0 bridgehead atoms. The van der Waals surface area contributed by atoms with E-state index in [2.05, 4.69) is 16.0 Å². The van der Waals surface area contributed by atoms with Crippen molar-refractivity contribution in [2.75, 3.05) is 17.2 Å². The molecule has 24 heavy (non-hydrogen) atoms. The van der Waals surface area contributed by atoms with Crippen LogP contribution in [0.2, 0.25) is 10.0 Å². The minimum absolute atomic E-state index is 0.144. The third-order valence-electron chi connectivity index (χ3n) is 3.16. The van der Waals surface area contributed by atoms with Gasteiger partial charge in [0.1, 0.15) is 0 Å². The molecule has 0 heterocycles. The number of hydrogen-bond donors (Lipinski definition) is 3. The Hall–Kier alpha value is -2.24. The van der Waals surface area contributed by atoms with Crippen LogP contribution >= 0.6 is 23.2 Å². The number of anilines is 2. The Kier molecular flexibility index (Phi) is 6.46. The summed E-state index contributed by atoms with van der Waals surface area (Å²) >= 11 is 11.9. The lowest BCUT2D eigenvalue weighted by atomic mass is 10.1. The van der Waals surface area contributed by atoms with E-state index in [0.717, 1.165) is 5.56 Å². The van der Waals surface area contributed by atoms with E-state index >= 15 is 0 Å². The number of hydrogen-bond acceptors (Lipinski definition) is 2. The number of urea groups is 1. The summed E-state index contributed by atoms with van der Waals surface area (Å²) in [5.41, 5.74) is 2.22. The standard InChI is InChI=1S/C17H17Cl2N3O2/c1-11(23)21-14-4-6-15(7-5-14)22-17(24)20-9-8-12-2-3-13(18)10-16(12)19/h2-7,10H,8-9H2,1H3,(H,21,23)(H2,20,22,24). The van der Waals surface area contributed by atoms with Crippen LogP contribution < -0.4 is 16.0 Å². The van der Waals surface area contributed by atoms with Gasteiger partial charge in [-0.15, -0.1) is 0 Å². The fourth-order valence-corrected chi connectivity index (χ4v) is 2.55. The van der Waals surface area contributed by atoms with Crippen LogP contribution in [0.3, 0.4) is 0 Å². The van der Waals surface area contributed by atoms with Crippen LogP contribution in [0.25, 0.3) is 0 Å². The normalized spacial score (nSPS) is 10.1. The van der Waals surface area contributed by atoms with E-state index in [1.165, 1.54) is 6.92 Å². The molecule has 7 heteroatoms. The second kappa shape index (κ2) is 8.57. The number of rotatable bonds is 5. The fourth-order valence-electron chi connectivity index (χ4n) is 2.05. The highest BCUT2D eigenvalue weighted by molar-refractivity contribution is 6.35. The van der Waals surface area contributed by atoms with Crippen molar-refractivity contribution in [2.24, 2.45) is 0 Å². The Morgan fingerprint density at radius 3 is 2.17 bits per heavy atom. The third-order valence-corrected chi connectivity index (χ3v) is 3.75. The molecule has 0 radical (unpaired) electrons. The maximum absolute atomic E-state index is 11.9. The molecule has 5 nitrogen and oxygen atoms in total. The second-order valence-corrected chi connectivity index (χ2v) is 5.97. The van der Waals surface area contributed by atoms with E-state index < -0.39 is 0 Å². The number of carbonyl (C=O) groups excluding carboxylic acids is 2. The van der Waals surface area contributed by atoms with Gasteiger partial charge in [-0.25, -0.2) is 4.79 Å². The van der Waals surface area contributed by atoms with Gasteiger partial charge in [-0.05, 0) is 48.4 Å². The molecule has 0 atom stereocenters. The summed E-state index contributed by atoms with van der Waals surface area (Å²) in [7, 11) is 0. The average molecular weight is 366 g/mol. The predicted molar refractivity (Wildman–Crippen MR) is 97.9 cm³/mol. The van der Waals surface area contributed by atoms with Crippen LogP contribution in [-0.2, 0) is 11.2 Å². The lowest BCUT2D eigenvalue weighted by Crippen LogP contribution is -2.30. The van der Waals surface area contributed by atoms with Gasteiger partial charge in [0.15, 0.2) is 0 Å². The quantitative estimate of drug-likeness (QED) is 0.738. The van der Waals surface area contributed by atoms with Crippen molar-refractivity contribution < 1.29 is 9.59 Å². The first-order chi connectivity index (χ1) is 11.4. The Balaban J connectivity index is 1.79. The SMILES string of the molecule is CC(=O)Nc1ccc(NC(=O)NCCc2ccc(Cl)cc2Cl)cc1. The van der Waals surface area contributed by atoms with Crippen LogP contribution in [-0.4, -0.2) is 18.5 Å². The largest absolute Gasteiger partial charge is 0.338 e. The highest BCUT2D eigenvalue weighted by Crippen LogP contribution is 2.21. The molecule has 3 amide bonds. The summed E-state index contributed by atoms with van der Waals surface area (Å²) in [4.78, 5) is 22.8. The molecule has 0 spiro atoms. The Morgan fingerprint density at radius 2 is 1.58 bits per heavy atom. The summed E-state index contributed by atoms with van der Waals surface area (Å²) in [6.07, 6.45) is 0.602. The van der Waals surface area contributed by atoms with Crippen LogP contribution in [0.5, 0.6) is 0 Å². The molecule has 0 fully saturated rings. The van der Waals surface area contributed by atoms with E-state index in [9.17, 15) is 9.59 Å². The van der Waals surface area contributed by atoms with Crippen molar-refractivity contribution in [1.29, 1.82) is 0 Å².